The van der Waals surface area contributed by atoms with E-state index in [-0.39, 0.29) is 23.4 Å². The van der Waals surface area contributed by atoms with Gasteiger partial charge in [0.05, 0.1) is 0 Å². The van der Waals surface area contributed by atoms with Crippen LogP contribution < -0.4 is 6.15 Å². The van der Waals surface area contributed by atoms with E-state index in [2.05, 4.69) is 15.9 Å². The Balaban J connectivity index is -0.000000180. The first-order valence-corrected chi connectivity index (χ1v) is 2.97. The van der Waals surface area contributed by atoms with Crippen molar-refractivity contribution in [1.82, 2.24) is 6.15 Å². The largest absolute Gasteiger partial charge is 0.480 e. The third-order valence-electron chi connectivity index (χ3n) is 0.626. The Labute approximate surface area is 68.9 Å². The van der Waals surface area contributed by atoms with Crippen molar-refractivity contribution in [3.8, 4) is 0 Å². The zero-order valence-electron chi connectivity index (χ0n) is 5.13. The second kappa shape index (κ2) is 8.20. The first-order valence-electron chi connectivity index (χ1n) is 2.05. The Bertz CT molecular complexity index is 81.0. The van der Waals surface area contributed by atoms with Gasteiger partial charge in [0.1, 0.15) is 4.83 Å². The summed E-state index contributed by atoms with van der Waals surface area (Å²) in [6.45, 7) is 1.81. The number of carboxylic acids is 1. The summed E-state index contributed by atoms with van der Waals surface area (Å²) in [5, 5.41) is 8.14. The highest BCUT2D eigenvalue weighted by Crippen LogP contribution is 2.02. The lowest BCUT2D eigenvalue weighted by atomic mass is 10.3. The molecule has 0 rings (SSSR count). The van der Waals surface area contributed by atoms with Crippen LogP contribution in [0.2, 0.25) is 0 Å². The number of halogens is 2. The molecule has 9 heavy (non-hydrogen) atoms. The van der Waals surface area contributed by atoms with Crippen LogP contribution in [0.1, 0.15) is 13.3 Å². The summed E-state index contributed by atoms with van der Waals surface area (Å²) in [6.07, 6.45) is 0.634. The standard InChI is InChI=1S/C4H7BrO2.ClH.H3N/c1-2-3(5)4(6)7;;/h3H,2H2,1H3,(H,6,7);1H;1H3. The third kappa shape index (κ3) is 8.20. The molecule has 0 saturated carbocycles. The molecule has 0 aromatic heterocycles. The second-order valence-corrected chi connectivity index (χ2v) is 2.32. The fourth-order valence-electron chi connectivity index (χ4n) is 0.175. The van der Waals surface area contributed by atoms with Gasteiger partial charge in [0.25, 0.3) is 0 Å². The Hall–Kier alpha value is 0.200. The van der Waals surface area contributed by atoms with Gasteiger partial charge < -0.3 is 11.3 Å². The van der Waals surface area contributed by atoms with E-state index < -0.39 is 5.97 Å². The van der Waals surface area contributed by atoms with Gasteiger partial charge in [0.15, 0.2) is 0 Å². The predicted octanol–water partition coefficient (Wildman–Crippen LogP) is 1.83. The molecule has 0 aliphatic heterocycles. The van der Waals surface area contributed by atoms with E-state index in [0.717, 1.165) is 0 Å². The molecule has 0 radical (unpaired) electrons. The summed E-state index contributed by atoms with van der Waals surface area (Å²) >= 11 is 2.94. The van der Waals surface area contributed by atoms with Crippen LogP contribution in [0.25, 0.3) is 0 Å². The van der Waals surface area contributed by atoms with Gasteiger partial charge in [-0.2, -0.15) is 0 Å². The van der Waals surface area contributed by atoms with Crippen LogP contribution in [0.4, 0.5) is 0 Å². The molecular weight excluding hydrogens is 209 g/mol. The summed E-state index contributed by atoms with van der Waals surface area (Å²) in [5.74, 6) is -0.789. The maximum atomic E-state index is 9.88. The van der Waals surface area contributed by atoms with Crippen molar-refractivity contribution in [2.75, 3.05) is 0 Å². The molecule has 0 aliphatic rings. The van der Waals surface area contributed by atoms with E-state index in [4.69, 9.17) is 5.11 Å². The first-order chi connectivity index (χ1) is 3.18. The Morgan fingerprint density at radius 1 is 1.78 bits per heavy atom. The van der Waals surface area contributed by atoms with Gasteiger partial charge in [0.2, 0.25) is 0 Å². The van der Waals surface area contributed by atoms with Crippen molar-refractivity contribution < 1.29 is 9.90 Å². The minimum Gasteiger partial charge on any atom is -0.480 e. The fraction of sp³-hybridized carbons (Fsp3) is 0.750. The van der Waals surface area contributed by atoms with Gasteiger partial charge >= 0.3 is 5.97 Å². The first kappa shape index (κ1) is 16.1. The minimum atomic E-state index is -0.789. The number of carbonyl (C=O) groups is 1. The Kier molecular flexibility index (Phi) is 14.7. The molecule has 1 atom stereocenters. The number of alkyl halides is 1. The summed E-state index contributed by atoms with van der Waals surface area (Å²) in [7, 11) is 0. The predicted molar refractivity (Wildman–Crippen MR) is 42.9 cm³/mol. The normalized spacial score (nSPS) is 10.4. The van der Waals surface area contributed by atoms with Gasteiger partial charge in [-0.15, -0.1) is 12.4 Å². The molecule has 0 saturated heterocycles. The second-order valence-electron chi connectivity index (χ2n) is 1.21. The highest BCUT2D eigenvalue weighted by molar-refractivity contribution is 9.10. The van der Waals surface area contributed by atoms with Gasteiger partial charge in [-0.05, 0) is 6.42 Å². The zero-order chi connectivity index (χ0) is 5.86. The minimum absolute atomic E-state index is 0. The molecule has 0 spiro atoms. The molecule has 1 unspecified atom stereocenters. The lowest BCUT2D eigenvalue weighted by Crippen LogP contribution is -2.09. The smallest absolute Gasteiger partial charge is 0.317 e. The van der Waals surface area contributed by atoms with E-state index in [9.17, 15) is 4.79 Å². The van der Waals surface area contributed by atoms with E-state index in [1.165, 1.54) is 0 Å². The van der Waals surface area contributed by atoms with Crippen molar-refractivity contribution in [2.24, 2.45) is 0 Å². The van der Waals surface area contributed by atoms with Crippen molar-refractivity contribution in [2.45, 2.75) is 18.2 Å². The molecule has 0 fully saturated rings. The SMILES string of the molecule is CCC(Br)C(=O)O.Cl.N. The number of rotatable bonds is 2. The van der Waals surface area contributed by atoms with Crippen molar-refractivity contribution in [3.05, 3.63) is 0 Å². The van der Waals surface area contributed by atoms with Crippen molar-refractivity contribution in [1.29, 1.82) is 0 Å². The summed E-state index contributed by atoms with van der Waals surface area (Å²) in [4.78, 5) is 9.52. The van der Waals surface area contributed by atoms with E-state index in [1.54, 1.807) is 0 Å². The van der Waals surface area contributed by atoms with Gasteiger partial charge in [-0.1, -0.05) is 22.9 Å². The maximum Gasteiger partial charge on any atom is 0.317 e. The van der Waals surface area contributed by atoms with Crippen molar-refractivity contribution in [3.63, 3.8) is 0 Å². The molecule has 58 valence electrons. The average molecular weight is 220 g/mol. The van der Waals surface area contributed by atoms with Gasteiger partial charge in [-0.25, -0.2) is 0 Å². The van der Waals surface area contributed by atoms with Crippen molar-refractivity contribution >= 4 is 34.3 Å². The Morgan fingerprint density at radius 3 is 2.11 bits per heavy atom. The van der Waals surface area contributed by atoms with Crippen LogP contribution in [0.5, 0.6) is 0 Å². The zero-order valence-corrected chi connectivity index (χ0v) is 7.54. The molecule has 5 heteroatoms. The third-order valence-corrected chi connectivity index (χ3v) is 1.67. The molecular formula is C4H11BrClNO2. The van der Waals surface area contributed by atoms with Gasteiger partial charge in [-0.3, -0.25) is 4.79 Å². The van der Waals surface area contributed by atoms with Crippen LogP contribution in [-0.4, -0.2) is 15.9 Å². The van der Waals surface area contributed by atoms with Crippen LogP contribution in [0.3, 0.4) is 0 Å². The molecule has 4 N–H and O–H groups in total. The number of hydrogen-bond donors (Lipinski definition) is 2. The maximum absolute atomic E-state index is 9.88. The average Bonchev–Trinajstić information content (AvgIpc) is 1.65. The molecule has 0 aromatic rings. The van der Waals surface area contributed by atoms with Crippen LogP contribution in [-0.2, 0) is 4.79 Å². The molecule has 0 bridgehead atoms. The van der Waals surface area contributed by atoms with Crippen LogP contribution >= 0.6 is 28.3 Å². The topological polar surface area (TPSA) is 72.3 Å². The van der Waals surface area contributed by atoms with Crippen LogP contribution in [0.15, 0.2) is 0 Å². The highest BCUT2D eigenvalue weighted by Gasteiger charge is 2.07. The van der Waals surface area contributed by atoms with E-state index >= 15 is 0 Å². The Morgan fingerprint density at radius 2 is 2.11 bits per heavy atom. The number of hydrogen-bond acceptors (Lipinski definition) is 2. The molecule has 0 amide bonds. The quantitative estimate of drug-likeness (QED) is 0.697. The summed E-state index contributed by atoms with van der Waals surface area (Å²) in [5.41, 5.74) is 0. The lowest BCUT2D eigenvalue weighted by molar-refractivity contribution is -0.136. The lowest BCUT2D eigenvalue weighted by Gasteiger charge is -1.94. The van der Waals surface area contributed by atoms with Gasteiger partial charge in [0, 0.05) is 0 Å². The molecule has 0 aliphatic carbocycles. The molecule has 3 nitrogen and oxygen atoms in total. The number of carboxylic acid groups (broad SMARTS) is 1. The molecule has 0 aromatic carbocycles. The molecule has 0 heterocycles. The monoisotopic (exact) mass is 219 g/mol. The number of aliphatic carboxylic acids is 1. The summed E-state index contributed by atoms with van der Waals surface area (Å²) < 4.78 is 0. The fourth-order valence-corrected chi connectivity index (χ4v) is 0.175. The van der Waals surface area contributed by atoms with Crippen LogP contribution in [0, 0.1) is 0 Å². The van der Waals surface area contributed by atoms with E-state index in [0.29, 0.717) is 6.42 Å². The highest BCUT2D eigenvalue weighted by atomic mass is 79.9. The summed E-state index contributed by atoms with van der Waals surface area (Å²) in [6, 6.07) is 0. The van der Waals surface area contributed by atoms with E-state index in [1.807, 2.05) is 6.92 Å².